The van der Waals surface area contributed by atoms with E-state index >= 15 is 0 Å². The lowest BCUT2D eigenvalue weighted by Gasteiger charge is -2.06. The van der Waals surface area contributed by atoms with Crippen LogP contribution in [-0.4, -0.2) is 28.2 Å². The molecule has 15 heavy (non-hydrogen) atoms. The molecule has 0 aliphatic heterocycles. The largest absolute Gasteiger partial charge is 0.396 e. The number of aromatic nitrogens is 1. The van der Waals surface area contributed by atoms with Crippen molar-refractivity contribution in [1.82, 2.24) is 4.98 Å². The van der Waals surface area contributed by atoms with Gasteiger partial charge in [0.15, 0.2) is 5.78 Å². The van der Waals surface area contributed by atoms with Crippen LogP contribution in [0.25, 0.3) is 0 Å². The Morgan fingerprint density at radius 2 is 2.33 bits per heavy atom. The van der Waals surface area contributed by atoms with E-state index in [2.05, 4.69) is 4.98 Å². The molecule has 82 valence electrons. The van der Waals surface area contributed by atoms with Crippen LogP contribution in [0.1, 0.15) is 24.2 Å². The molecule has 0 spiro atoms. The van der Waals surface area contributed by atoms with E-state index in [0.29, 0.717) is 5.56 Å². The molecule has 0 aliphatic carbocycles. The number of ketones is 1. The van der Waals surface area contributed by atoms with Gasteiger partial charge in [-0.2, -0.15) is 0 Å². The van der Waals surface area contributed by atoms with Crippen LogP contribution >= 0.6 is 11.8 Å². The Kier molecular flexibility index (Phi) is 4.78. The number of Topliss-reactive ketones (excluding diaryl/α,β-unsaturated/α-hetero) is 1. The summed E-state index contributed by atoms with van der Waals surface area (Å²) in [6.07, 6.45) is 1.59. The van der Waals surface area contributed by atoms with Crippen molar-refractivity contribution in [3.8, 4) is 0 Å². The number of aliphatic hydroxyl groups excluding tert-OH is 1. The second-order valence-corrected chi connectivity index (χ2v) is 4.58. The molecular weight excluding hydrogens is 210 g/mol. The molecule has 1 unspecified atom stereocenters. The zero-order valence-electron chi connectivity index (χ0n) is 8.93. The first-order valence-corrected chi connectivity index (χ1v) is 5.82. The molecule has 0 aliphatic rings. The standard InChI is InChI=1S/C11H15NO2S/c1-8(6-13)7-15-11-4-3-10(5-12-11)9(2)14/h3-5,8,13H,6-7H2,1-2H3. The second-order valence-electron chi connectivity index (χ2n) is 3.54. The average molecular weight is 225 g/mol. The zero-order chi connectivity index (χ0) is 11.3. The normalized spacial score (nSPS) is 12.5. The van der Waals surface area contributed by atoms with Crippen molar-refractivity contribution in [2.24, 2.45) is 5.92 Å². The minimum atomic E-state index is 0.0303. The van der Waals surface area contributed by atoms with Gasteiger partial charge in [0.05, 0.1) is 5.03 Å². The lowest BCUT2D eigenvalue weighted by molar-refractivity contribution is 0.101. The van der Waals surface area contributed by atoms with E-state index in [-0.39, 0.29) is 18.3 Å². The maximum absolute atomic E-state index is 11.0. The van der Waals surface area contributed by atoms with Crippen molar-refractivity contribution >= 4 is 17.5 Å². The highest BCUT2D eigenvalue weighted by Crippen LogP contribution is 2.18. The Balaban J connectivity index is 2.53. The van der Waals surface area contributed by atoms with Crippen molar-refractivity contribution in [3.63, 3.8) is 0 Å². The monoisotopic (exact) mass is 225 g/mol. The average Bonchev–Trinajstić information content (AvgIpc) is 2.26. The molecule has 1 aromatic heterocycles. The molecule has 0 bridgehead atoms. The number of hydrogen-bond acceptors (Lipinski definition) is 4. The molecule has 0 fully saturated rings. The van der Waals surface area contributed by atoms with E-state index in [1.165, 1.54) is 6.92 Å². The molecule has 0 aromatic carbocycles. The number of hydrogen-bond donors (Lipinski definition) is 1. The highest BCUT2D eigenvalue weighted by Gasteiger charge is 2.03. The van der Waals surface area contributed by atoms with Crippen LogP contribution in [0.4, 0.5) is 0 Å². The first kappa shape index (κ1) is 12.2. The molecule has 4 heteroatoms. The zero-order valence-corrected chi connectivity index (χ0v) is 9.75. The van der Waals surface area contributed by atoms with Crippen LogP contribution in [0, 0.1) is 5.92 Å². The van der Waals surface area contributed by atoms with Gasteiger partial charge >= 0.3 is 0 Å². The molecule has 0 saturated carbocycles. The summed E-state index contributed by atoms with van der Waals surface area (Å²) in [6.45, 7) is 3.70. The Morgan fingerprint density at radius 3 is 2.80 bits per heavy atom. The number of thioether (sulfide) groups is 1. The summed E-state index contributed by atoms with van der Waals surface area (Å²) in [7, 11) is 0. The van der Waals surface area contributed by atoms with Crippen LogP contribution in [0.2, 0.25) is 0 Å². The predicted octanol–water partition coefficient (Wildman–Crippen LogP) is 2.00. The highest BCUT2D eigenvalue weighted by molar-refractivity contribution is 7.99. The van der Waals surface area contributed by atoms with E-state index in [4.69, 9.17) is 5.11 Å². The molecule has 3 nitrogen and oxygen atoms in total. The Morgan fingerprint density at radius 1 is 1.60 bits per heavy atom. The second kappa shape index (κ2) is 5.88. The van der Waals surface area contributed by atoms with E-state index in [0.717, 1.165) is 10.8 Å². The lowest BCUT2D eigenvalue weighted by atomic mass is 10.2. The summed E-state index contributed by atoms with van der Waals surface area (Å²) in [5.74, 6) is 1.13. The van der Waals surface area contributed by atoms with Gasteiger partial charge in [-0.15, -0.1) is 11.8 Å². The Labute approximate surface area is 93.9 Å². The first-order chi connectivity index (χ1) is 7.13. The van der Waals surface area contributed by atoms with Gasteiger partial charge in [-0.1, -0.05) is 6.92 Å². The molecule has 1 aromatic rings. The summed E-state index contributed by atoms with van der Waals surface area (Å²) in [5.41, 5.74) is 0.634. The van der Waals surface area contributed by atoms with E-state index < -0.39 is 0 Å². The van der Waals surface area contributed by atoms with E-state index in [1.54, 1.807) is 24.0 Å². The molecule has 1 N–H and O–H groups in total. The van der Waals surface area contributed by atoms with Crippen molar-refractivity contribution in [2.45, 2.75) is 18.9 Å². The van der Waals surface area contributed by atoms with Gasteiger partial charge in [0.25, 0.3) is 0 Å². The summed E-state index contributed by atoms with van der Waals surface area (Å²) < 4.78 is 0. The summed E-state index contributed by atoms with van der Waals surface area (Å²) in [4.78, 5) is 15.2. The van der Waals surface area contributed by atoms with Crippen molar-refractivity contribution in [1.29, 1.82) is 0 Å². The van der Waals surface area contributed by atoms with Gasteiger partial charge in [0.2, 0.25) is 0 Å². The first-order valence-electron chi connectivity index (χ1n) is 4.84. The maximum Gasteiger partial charge on any atom is 0.161 e. The predicted molar refractivity (Wildman–Crippen MR) is 61.2 cm³/mol. The van der Waals surface area contributed by atoms with Crippen LogP contribution in [0.3, 0.4) is 0 Å². The molecule has 0 saturated heterocycles. The van der Waals surface area contributed by atoms with Crippen molar-refractivity contribution in [2.75, 3.05) is 12.4 Å². The quantitative estimate of drug-likeness (QED) is 0.615. The summed E-state index contributed by atoms with van der Waals surface area (Å²) in [5, 5.41) is 9.74. The highest BCUT2D eigenvalue weighted by atomic mass is 32.2. The number of nitrogens with zero attached hydrogens (tertiary/aromatic N) is 1. The molecule has 0 radical (unpaired) electrons. The van der Waals surface area contributed by atoms with Gasteiger partial charge < -0.3 is 5.11 Å². The molecule has 1 atom stereocenters. The summed E-state index contributed by atoms with van der Waals surface area (Å²) >= 11 is 1.59. The van der Waals surface area contributed by atoms with Crippen molar-refractivity contribution in [3.05, 3.63) is 23.9 Å². The third kappa shape index (κ3) is 4.01. The van der Waals surface area contributed by atoms with Gasteiger partial charge in [-0.05, 0) is 25.0 Å². The van der Waals surface area contributed by atoms with Gasteiger partial charge in [-0.3, -0.25) is 4.79 Å². The van der Waals surface area contributed by atoms with Crippen LogP contribution in [0.15, 0.2) is 23.4 Å². The SMILES string of the molecule is CC(=O)c1ccc(SCC(C)CO)nc1. The molecule has 1 heterocycles. The minimum Gasteiger partial charge on any atom is -0.396 e. The third-order valence-electron chi connectivity index (χ3n) is 1.97. The van der Waals surface area contributed by atoms with E-state index in [1.807, 2.05) is 13.0 Å². The molecule has 0 amide bonds. The number of aliphatic hydroxyl groups is 1. The topological polar surface area (TPSA) is 50.2 Å². The van der Waals surface area contributed by atoms with Crippen molar-refractivity contribution < 1.29 is 9.90 Å². The Bertz CT molecular complexity index is 324. The fourth-order valence-corrected chi connectivity index (χ4v) is 1.81. The minimum absolute atomic E-state index is 0.0303. The fourth-order valence-electron chi connectivity index (χ4n) is 0.954. The molecule has 1 rings (SSSR count). The van der Waals surface area contributed by atoms with Gasteiger partial charge in [0, 0.05) is 24.1 Å². The van der Waals surface area contributed by atoms with E-state index in [9.17, 15) is 4.79 Å². The fraction of sp³-hybridized carbons (Fsp3) is 0.455. The van der Waals surface area contributed by atoms with Gasteiger partial charge in [-0.25, -0.2) is 4.98 Å². The molecular formula is C11H15NO2S. The lowest BCUT2D eigenvalue weighted by Crippen LogP contribution is -2.03. The number of carbonyl (C=O) groups excluding carboxylic acids is 1. The van der Waals surface area contributed by atoms with Gasteiger partial charge in [0.1, 0.15) is 0 Å². The van der Waals surface area contributed by atoms with Crippen LogP contribution in [0.5, 0.6) is 0 Å². The third-order valence-corrected chi connectivity index (χ3v) is 3.24. The number of rotatable bonds is 5. The van der Waals surface area contributed by atoms with Crippen LogP contribution < -0.4 is 0 Å². The maximum atomic E-state index is 11.0. The summed E-state index contributed by atoms with van der Waals surface area (Å²) in [6, 6.07) is 3.62. The number of carbonyl (C=O) groups is 1. The number of pyridine rings is 1. The smallest absolute Gasteiger partial charge is 0.161 e. The Hall–Kier alpha value is -0.870. The van der Waals surface area contributed by atoms with Crippen LogP contribution in [-0.2, 0) is 0 Å².